The zero-order chi connectivity index (χ0) is 20.4. The average molecular weight is 393 g/mol. The number of fused-ring (bicyclic) bond motifs is 1. The molecule has 0 spiro atoms. The van der Waals surface area contributed by atoms with Crippen LogP contribution in [0.5, 0.6) is 0 Å². The summed E-state index contributed by atoms with van der Waals surface area (Å²) < 4.78 is 0. The van der Waals surface area contributed by atoms with Gasteiger partial charge >= 0.3 is 5.97 Å². The van der Waals surface area contributed by atoms with Gasteiger partial charge < -0.3 is 15.3 Å². The molecule has 1 fully saturated rings. The number of amides is 1. The summed E-state index contributed by atoms with van der Waals surface area (Å²) in [6.07, 6.45) is 4.68. The van der Waals surface area contributed by atoms with Crippen LogP contribution in [0.1, 0.15) is 46.8 Å². The van der Waals surface area contributed by atoms with Gasteiger partial charge in [-0.25, -0.2) is 4.79 Å². The molecule has 1 saturated heterocycles. The Bertz CT molecular complexity index is 904. The maximum atomic E-state index is 13.2. The van der Waals surface area contributed by atoms with Crippen LogP contribution in [0.3, 0.4) is 0 Å². The highest BCUT2D eigenvalue weighted by Crippen LogP contribution is 2.36. The second kappa shape index (κ2) is 8.25. The lowest BCUT2D eigenvalue weighted by Crippen LogP contribution is -2.40. The van der Waals surface area contributed by atoms with E-state index in [1.165, 1.54) is 42.6 Å². The molecular formula is C23H27N3O3. The van der Waals surface area contributed by atoms with E-state index in [1.54, 1.807) is 12.1 Å². The molecule has 2 aliphatic rings. The fourth-order valence-corrected chi connectivity index (χ4v) is 4.45. The van der Waals surface area contributed by atoms with E-state index >= 15 is 0 Å². The van der Waals surface area contributed by atoms with Gasteiger partial charge in [0.1, 0.15) is 6.04 Å². The fraction of sp³-hybridized carbons (Fsp3) is 0.391. The smallest absolute Gasteiger partial charge is 0.335 e. The first-order valence-corrected chi connectivity index (χ1v) is 10.3. The standard InChI is InChI=1S/C23H27N3O3/c1-25-15-12-18-19(6-5-7-20(18)26-13-3-2-4-14-26)21(25)22(27)24-17-10-8-16(9-11-17)23(28)29/h5-11,21H,2-4,12-15H2,1H3,(H,24,27)(H,28,29). The minimum Gasteiger partial charge on any atom is -0.478 e. The topological polar surface area (TPSA) is 72.9 Å². The third kappa shape index (κ3) is 3.98. The number of carbonyl (C=O) groups is 2. The SMILES string of the molecule is CN1CCc2c(cccc2N2CCCCC2)C1C(=O)Nc1ccc(C(=O)O)cc1. The van der Waals surface area contributed by atoms with Crippen LogP contribution in [-0.2, 0) is 11.2 Å². The molecule has 0 saturated carbocycles. The van der Waals surface area contributed by atoms with Crippen LogP contribution in [0, 0.1) is 0 Å². The minimum absolute atomic E-state index is 0.0904. The van der Waals surface area contributed by atoms with Crippen molar-refractivity contribution in [1.82, 2.24) is 4.90 Å². The number of carbonyl (C=O) groups excluding carboxylic acids is 1. The number of hydrogen-bond acceptors (Lipinski definition) is 4. The van der Waals surface area contributed by atoms with E-state index in [-0.39, 0.29) is 17.5 Å². The van der Waals surface area contributed by atoms with Gasteiger partial charge in [0.05, 0.1) is 5.56 Å². The van der Waals surface area contributed by atoms with Gasteiger partial charge in [0, 0.05) is 31.0 Å². The van der Waals surface area contributed by atoms with Crippen molar-refractivity contribution in [3.8, 4) is 0 Å². The molecule has 2 aromatic rings. The van der Waals surface area contributed by atoms with E-state index in [2.05, 4.69) is 33.3 Å². The predicted molar refractivity (Wildman–Crippen MR) is 114 cm³/mol. The molecule has 1 unspecified atom stereocenters. The number of benzene rings is 2. The summed E-state index contributed by atoms with van der Waals surface area (Å²) in [6, 6.07) is 12.2. The molecule has 2 aliphatic heterocycles. The van der Waals surface area contributed by atoms with Crippen molar-refractivity contribution in [2.45, 2.75) is 31.7 Å². The fourth-order valence-electron chi connectivity index (χ4n) is 4.45. The van der Waals surface area contributed by atoms with E-state index in [1.807, 2.05) is 7.05 Å². The van der Waals surface area contributed by atoms with E-state index in [0.717, 1.165) is 31.6 Å². The normalized spacial score (nSPS) is 19.5. The number of carboxylic acid groups (broad SMARTS) is 1. The number of nitrogens with zero attached hydrogens (tertiary/aromatic N) is 2. The first-order chi connectivity index (χ1) is 14.0. The van der Waals surface area contributed by atoms with Gasteiger partial charge in [0.2, 0.25) is 5.91 Å². The van der Waals surface area contributed by atoms with Crippen molar-refractivity contribution in [1.29, 1.82) is 0 Å². The molecule has 29 heavy (non-hydrogen) atoms. The lowest BCUT2D eigenvalue weighted by Gasteiger charge is -2.37. The summed E-state index contributed by atoms with van der Waals surface area (Å²) in [7, 11) is 1.98. The van der Waals surface area contributed by atoms with E-state index in [9.17, 15) is 9.59 Å². The third-order valence-electron chi connectivity index (χ3n) is 5.98. The molecule has 0 radical (unpaired) electrons. The molecule has 1 atom stereocenters. The lowest BCUT2D eigenvalue weighted by molar-refractivity contribution is -0.121. The van der Waals surface area contributed by atoms with Crippen LogP contribution < -0.4 is 10.2 Å². The zero-order valence-electron chi connectivity index (χ0n) is 16.7. The summed E-state index contributed by atoms with van der Waals surface area (Å²) in [5, 5.41) is 12.0. The van der Waals surface area contributed by atoms with Crippen molar-refractivity contribution in [3.63, 3.8) is 0 Å². The summed E-state index contributed by atoms with van der Waals surface area (Å²) in [5.74, 6) is -1.07. The van der Waals surface area contributed by atoms with Gasteiger partial charge in [0.25, 0.3) is 0 Å². The molecule has 0 aromatic heterocycles. The highest BCUT2D eigenvalue weighted by atomic mass is 16.4. The van der Waals surface area contributed by atoms with Gasteiger partial charge in [-0.05, 0) is 74.2 Å². The molecular weight excluding hydrogens is 366 g/mol. The zero-order valence-corrected chi connectivity index (χ0v) is 16.7. The van der Waals surface area contributed by atoms with Gasteiger partial charge in [-0.15, -0.1) is 0 Å². The van der Waals surface area contributed by atoms with Gasteiger partial charge in [-0.1, -0.05) is 12.1 Å². The number of piperidine rings is 1. The van der Waals surface area contributed by atoms with Gasteiger partial charge in [-0.3, -0.25) is 9.69 Å². The lowest BCUT2D eigenvalue weighted by atomic mass is 9.90. The summed E-state index contributed by atoms with van der Waals surface area (Å²) in [5.41, 5.74) is 4.44. The van der Waals surface area contributed by atoms with Gasteiger partial charge in [-0.2, -0.15) is 0 Å². The van der Waals surface area contributed by atoms with Crippen LogP contribution >= 0.6 is 0 Å². The van der Waals surface area contributed by atoms with Crippen molar-refractivity contribution >= 4 is 23.3 Å². The van der Waals surface area contributed by atoms with Crippen molar-refractivity contribution in [2.24, 2.45) is 0 Å². The second-order valence-corrected chi connectivity index (χ2v) is 7.90. The van der Waals surface area contributed by atoms with E-state index in [0.29, 0.717) is 5.69 Å². The number of aromatic carboxylic acids is 1. The Morgan fingerprint density at radius 3 is 2.41 bits per heavy atom. The van der Waals surface area contributed by atoms with Crippen LogP contribution in [0.2, 0.25) is 0 Å². The van der Waals surface area contributed by atoms with Crippen molar-refractivity contribution in [2.75, 3.05) is 36.9 Å². The molecule has 0 aliphatic carbocycles. The maximum Gasteiger partial charge on any atom is 0.335 e. The van der Waals surface area contributed by atoms with Crippen LogP contribution in [0.15, 0.2) is 42.5 Å². The Labute approximate surface area is 171 Å². The number of likely N-dealkylation sites (N-methyl/N-ethyl adjacent to an activating group) is 1. The van der Waals surface area contributed by atoms with E-state index < -0.39 is 5.97 Å². The summed E-state index contributed by atoms with van der Waals surface area (Å²) in [6.45, 7) is 2.99. The van der Waals surface area contributed by atoms with E-state index in [4.69, 9.17) is 5.11 Å². The highest BCUT2D eigenvalue weighted by Gasteiger charge is 2.33. The van der Waals surface area contributed by atoms with Crippen molar-refractivity contribution < 1.29 is 14.7 Å². The van der Waals surface area contributed by atoms with Crippen LogP contribution in [0.4, 0.5) is 11.4 Å². The molecule has 1 amide bonds. The summed E-state index contributed by atoms with van der Waals surface area (Å²) >= 11 is 0. The Balaban J connectivity index is 1.59. The molecule has 2 aromatic carbocycles. The summed E-state index contributed by atoms with van der Waals surface area (Å²) in [4.78, 5) is 28.7. The molecule has 6 nitrogen and oxygen atoms in total. The second-order valence-electron chi connectivity index (χ2n) is 7.90. The Morgan fingerprint density at radius 1 is 1.00 bits per heavy atom. The highest BCUT2D eigenvalue weighted by molar-refractivity contribution is 5.97. The molecule has 4 rings (SSSR count). The average Bonchev–Trinajstić information content (AvgIpc) is 2.74. The molecule has 6 heteroatoms. The van der Waals surface area contributed by atoms with Crippen molar-refractivity contribution in [3.05, 3.63) is 59.2 Å². The maximum absolute atomic E-state index is 13.2. The molecule has 0 bridgehead atoms. The molecule has 2 heterocycles. The monoisotopic (exact) mass is 393 g/mol. The number of hydrogen-bond donors (Lipinski definition) is 2. The third-order valence-corrected chi connectivity index (χ3v) is 5.98. The number of rotatable bonds is 4. The number of anilines is 2. The minimum atomic E-state index is -0.978. The first-order valence-electron chi connectivity index (χ1n) is 10.3. The first kappa shape index (κ1) is 19.5. The molecule has 2 N–H and O–H groups in total. The van der Waals surface area contributed by atoms with Crippen LogP contribution in [0.25, 0.3) is 0 Å². The Morgan fingerprint density at radius 2 is 1.72 bits per heavy atom. The number of nitrogens with one attached hydrogen (secondary N) is 1. The van der Waals surface area contributed by atoms with Crippen LogP contribution in [-0.4, -0.2) is 48.6 Å². The Kier molecular flexibility index (Phi) is 5.53. The van der Waals surface area contributed by atoms with Gasteiger partial charge in [0.15, 0.2) is 0 Å². The quantitative estimate of drug-likeness (QED) is 0.831. The largest absolute Gasteiger partial charge is 0.478 e. The number of carboxylic acids is 1. The molecule has 152 valence electrons. The predicted octanol–water partition coefficient (Wildman–Crippen LogP) is 3.54. The Hall–Kier alpha value is -2.86.